The van der Waals surface area contributed by atoms with Crippen molar-refractivity contribution < 1.29 is 39.5 Å². The molecule has 2 heterocycles. The number of ether oxygens (including phenoxy) is 1. The van der Waals surface area contributed by atoms with E-state index in [2.05, 4.69) is 5.10 Å². The first-order valence-electron chi connectivity index (χ1n) is 11.7. The number of amides is 1. The second-order valence-corrected chi connectivity index (χ2v) is 12.1. The van der Waals surface area contributed by atoms with Crippen LogP contribution >= 0.6 is 11.6 Å². The van der Waals surface area contributed by atoms with Crippen molar-refractivity contribution in [3.8, 4) is 17.0 Å². The van der Waals surface area contributed by atoms with E-state index in [1.54, 1.807) is 29.8 Å². The zero-order chi connectivity index (χ0) is 26.3. The van der Waals surface area contributed by atoms with Gasteiger partial charge in [-0.2, -0.15) is 0 Å². The fourth-order valence-electron chi connectivity index (χ4n) is 4.75. The molecule has 192 valence electrons. The normalized spacial score (nSPS) is 15.1. The van der Waals surface area contributed by atoms with E-state index >= 15 is 0 Å². The summed E-state index contributed by atoms with van der Waals surface area (Å²) in [6, 6.07) is 16.6. The molecule has 0 saturated carbocycles. The van der Waals surface area contributed by atoms with Crippen LogP contribution in [-0.2, 0) is 13.5 Å². The van der Waals surface area contributed by atoms with Crippen LogP contribution < -0.4 is 25.9 Å². The van der Waals surface area contributed by atoms with Crippen LogP contribution in [0.25, 0.3) is 11.3 Å². The van der Waals surface area contributed by atoms with Crippen molar-refractivity contribution in [3.63, 3.8) is 0 Å². The molecule has 0 fully saturated rings. The first-order valence-corrected chi connectivity index (χ1v) is 14.2. The van der Waals surface area contributed by atoms with Crippen LogP contribution in [0.4, 0.5) is 8.78 Å². The van der Waals surface area contributed by atoms with Crippen molar-refractivity contribution in [3.05, 3.63) is 101 Å². The first-order chi connectivity index (χ1) is 17.8. The van der Waals surface area contributed by atoms with Gasteiger partial charge in [0.05, 0.1) is 0 Å². The third kappa shape index (κ3) is 4.96. The molecule has 1 aromatic heterocycles. The Bertz CT molecular complexity index is 1470. The SMILES string of the molecule is COc1ccc([I-]c2cccc(Cl)c2C(=O)N2CCc3c(nn(C)c3-c3cc(F)cc(F)c3)[C@@H]2C)cc1. The molecule has 0 N–H and O–H groups in total. The molecule has 9 heteroatoms. The van der Waals surface area contributed by atoms with Gasteiger partial charge in [0.2, 0.25) is 0 Å². The summed E-state index contributed by atoms with van der Waals surface area (Å²) in [5.74, 6) is -0.645. The molecule has 1 amide bonds. The fourth-order valence-corrected chi connectivity index (χ4v) is 7.73. The van der Waals surface area contributed by atoms with E-state index in [1.807, 2.05) is 43.3 Å². The number of halogens is 4. The van der Waals surface area contributed by atoms with Crippen LogP contribution in [0, 0.1) is 18.8 Å². The molecule has 37 heavy (non-hydrogen) atoms. The molecule has 0 saturated heterocycles. The number of fused-ring (bicyclic) bond motifs is 1. The van der Waals surface area contributed by atoms with Gasteiger partial charge in [0.25, 0.3) is 0 Å². The van der Waals surface area contributed by atoms with Crippen LogP contribution in [0.5, 0.6) is 5.75 Å². The number of aromatic nitrogens is 2. The van der Waals surface area contributed by atoms with Crippen molar-refractivity contribution in [2.45, 2.75) is 19.4 Å². The molecule has 5 rings (SSSR count). The second kappa shape index (κ2) is 10.4. The molecule has 3 aromatic carbocycles. The summed E-state index contributed by atoms with van der Waals surface area (Å²) in [5.41, 5.74) is 3.23. The quantitative estimate of drug-likeness (QED) is 0.318. The Balaban J connectivity index is 1.47. The summed E-state index contributed by atoms with van der Waals surface area (Å²) < 4.78 is 36.9. The molecule has 4 aromatic rings. The second-order valence-electron chi connectivity index (χ2n) is 8.77. The summed E-state index contributed by atoms with van der Waals surface area (Å²) in [6.07, 6.45) is 0.514. The molecule has 0 spiro atoms. The van der Waals surface area contributed by atoms with E-state index < -0.39 is 32.8 Å². The van der Waals surface area contributed by atoms with Crippen molar-refractivity contribution in [2.75, 3.05) is 13.7 Å². The molecule has 1 aliphatic heterocycles. The van der Waals surface area contributed by atoms with Crippen LogP contribution in [0.3, 0.4) is 0 Å². The molecular weight excluding hydrogens is 611 g/mol. The van der Waals surface area contributed by atoms with Crippen molar-refractivity contribution in [2.24, 2.45) is 7.05 Å². The van der Waals surface area contributed by atoms with Gasteiger partial charge in [0.15, 0.2) is 0 Å². The van der Waals surface area contributed by atoms with E-state index in [0.29, 0.717) is 34.8 Å². The van der Waals surface area contributed by atoms with E-state index in [1.165, 1.54) is 12.1 Å². The topological polar surface area (TPSA) is 47.4 Å². The Kier molecular flexibility index (Phi) is 7.22. The van der Waals surface area contributed by atoms with Gasteiger partial charge >= 0.3 is 230 Å². The first kappa shape index (κ1) is 25.7. The maximum atomic E-state index is 13.9. The monoisotopic (exact) mass is 634 g/mol. The van der Waals surface area contributed by atoms with Gasteiger partial charge in [-0.3, -0.25) is 0 Å². The Morgan fingerprint density at radius 1 is 1.11 bits per heavy atom. The number of carbonyl (C=O) groups is 1. The number of aryl methyl sites for hydroxylation is 1. The predicted molar refractivity (Wildman–Crippen MR) is 134 cm³/mol. The summed E-state index contributed by atoms with van der Waals surface area (Å²) >= 11 is 5.94. The van der Waals surface area contributed by atoms with Gasteiger partial charge in [0.1, 0.15) is 0 Å². The summed E-state index contributed by atoms with van der Waals surface area (Å²) in [6.45, 7) is 2.36. The van der Waals surface area contributed by atoms with Crippen LogP contribution in [0.15, 0.2) is 60.7 Å². The van der Waals surface area contributed by atoms with E-state index in [0.717, 1.165) is 30.2 Å². The minimum atomic E-state index is -0.669. The van der Waals surface area contributed by atoms with Crippen molar-refractivity contribution in [1.29, 1.82) is 0 Å². The average Bonchev–Trinajstić information content (AvgIpc) is 3.21. The van der Waals surface area contributed by atoms with Crippen molar-refractivity contribution in [1.82, 2.24) is 14.7 Å². The number of hydrogen-bond acceptors (Lipinski definition) is 3. The van der Waals surface area contributed by atoms with Crippen LogP contribution in [0.1, 0.15) is 34.6 Å². The third-order valence-electron chi connectivity index (χ3n) is 6.48. The Labute approximate surface area is 229 Å². The Morgan fingerprint density at radius 3 is 2.49 bits per heavy atom. The number of hydrogen-bond donors (Lipinski definition) is 0. The van der Waals surface area contributed by atoms with Gasteiger partial charge in [-0.15, -0.1) is 0 Å². The molecule has 1 atom stereocenters. The number of carbonyl (C=O) groups excluding carboxylic acids is 1. The number of rotatable bonds is 5. The van der Waals surface area contributed by atoms with Crippen LogP contribution in [0.2, 0.25) is 5.02 Å². The zero-order valence-corrected chi connectivity index (χ0v) is 23.3. The van der Waals surface area contributed by atoms with E-state index in [-0.39, 0.29) is 11.9 Å². The molecule has 0 unspecified atom stereocenters. The third-order valence-corrected chi connectivity index (χ3v) is 9.61. The van der Waals surface area contributed by atoms with Gasteiger partial charge in [0, 0.05) is 0 Å². The average molecular weight is 635 g/mol. The van der Waals surface area contributed by atoms with Gasteiger partial charge in [-0.05, 0) is 0 Å². The molecule has 0 bridgehead atoms. The summed E-state index contributed by atoms with van der Waals surface area (Å²) in [5, 5.41) is 5.08. The summed E-state index contributed by atoms with van der Waals surface area (Å²) in [4.78, 5) is 15.7. The van der Waals surface area contributed by atoms with Gasteiger partial charge in [-0.1, -0.05) is 0 Å². The summed E-state index contributed by atoms with van der Waals surface area (Å²) in [7, 11) is 3.38. The fraction of sp³-hybridized carbons (Fsp3) is 0.214. The molecule has 1 aliphatic rings. The standard InChI is InChI=1S/C28H24ClF2IN3O2/c1-16-26-22(27(34(2)33-26)17-13-18(30)15-19(31)14-17)11-12-35(16)28(36)25-23(29)5-4-6-24(25)32-20-7-9-21(37-3)10-8-20/h4-10,13-16H,11-12H2,1-3H3/q-1/t16-/m0/s1. The van der Waals surface area contributed by atoms with Crippen molar-refractivity contribution >= 4 is 17.5 Å². The molecule has 5 nitrogen and oxygen atoms in total. The van der Waals surface area contributed by atoms with E-state index in [9.17, 15) is 13.6 Å². The molecular formula is C28H24ClF2IN3O2-. The Hall–Kier alpha value is -2.98. The zero-order valence-electron chi connectivity index (χ0n) is 20.4. The number of benzene rings is 3. The number of methoxy groups -OCH3 is 1. The van der Waals surface area contributed by atoms with Crippen LogP contribution in [-0.4, -0.2) is 34.2 Å². The van der Waals surface area contributed by atoms with Gasteiger partial charge in [-0.25, -0.2) is 0 Å². The molecule has 0 aliphatic carbocycles. The van der Waals surface area contributed by atoms with E-state index in [4.69, 9.17) is 16.3 Å². The minimum absolute atomic E-state index is 0.143. The number of nitrogens with zero attached hydrogens (tertiary/aromatic N) is 3. The Morgan fingerprint density at radius 2 is 1.81 bits per heavy atom. The molecule has 0 radical (unpaired) electrons. The van der Waals surface area contributed by atoms with Gasteiger partial charge < -0.3 is 0 Å². The maximum absolute atomic E-state index is 13.9. The predicted octanol–water partition coefficient (Wildman–Crippen LogP) is 2.92.